The molecule has 0 radical (unpaired) electrons. The largest absolute Gasteiger partial charge is 0.323 e. The van der Waals surface area contributed by atoms with Gasteiger partial charge in [-0.05, 0) is 12.1 Å². The molecule has 0 aromatic carbocycles. The molecule has 0 aliphatic carbocycles. The van der Waals surface area contributed by atoms with E-state index in [1.165, 1.54) is 17.1 Å². The summed E-state index contributed by atoms with van der Waals surface area (Å²) in [5.41, 5.74) is 1.27. The van der Waals surface area contributed by atoms with Gasteiger partial charge in [0.25, 0.3) is 0 Å². The maximum absolute atomic E-state index is 11.9. The molecule has 0 aliphatic rings. The van der Waals surface area contributed by atoms with Gasteiger partial charge in [0.2, 0.25) is 5.91 Å². The van der Waals surface area contributed by atoms with Gasteiger partial charge in [-0.1, -0.05) is 23.2 Å². The Labute approximate surface area is 135 Å². The number of nitrogens with one attached hydrogen (secondary N) is 2. The molecule has 0 atom stereocenters. The lowest BCUT2D eigenvalue weighted by Gasteiger charge is -2.03. The minimum absolute atomic E-state index is 0.182. The molecule has 3 heterocycles. The highest BCUT2D eigenvalue weighted by Crippen LogP contribution is 2.22. The van der Waals surface area contributed by atoms with Crippen LogP contribution in [0.15, 0.2) is 36.9 Å². The Hall–Kier alpha value is -2.38. The third-order valence-electron chi connectivity index (χ3n) is 2.78. The second kappa shape index (κ2) is 6.17. The van der Waals surface area contributed by atoms with Crippen molar-refractivity contribution in [2.45, 2.75) is 6.42 Å². The van der Waals surface area contributed by atoms with Gasteiger partial charge in [0.15, 0.2) is 5.82 Å². The lowest BCUT2D eigenvalue weighted by molar-refractivity contribution is -0.115. The minimum atomic E-state index is -0.182. The third kappa shape index (κ3) is 3.26. The molecule has 7 nitrogen and oxygen atoms in total. The first-order valence-electron chi connectivity index (χ1n) is 6.26. The number of carbonyl (C=O) groups excluding carboxylic acids is 1. The predicted octanol–water partition coefficient (Wildman–Crippen LogP) is 2.48. The lowest BCUT2D eigenvalue weighted by Crippen LogP contribution is -2.14. The van der Waals surface area contributed by atoms with Gasteiger partial charge in [-0.25, -0.2) is 9.67 Å². The van der Waals surface area contributed by atoms with Crippen LogP contribution in [-0.4, -0.2) is 30.9 Å². The number of pyridine rings is 1. The predicted molar refractivity (Wildman–Crippen MR) is 82.3 cm³/mol. The SMILES string of the molecule is O=C(Cc1ccn[nH]1)Nc1cnn(-c2ncc(Cl)cc2Cl)c1. The van der Waals surface area contributed by atoms with Crippen molar-refractivity contribution in [2.24, 2.45) is 0 Å². The van der Waals surface area contributed by atoms with Crippen LogP contribution in [0.3, 0.4) is 0 Å². The molecule has 9 heteroatoms. The highest BCUT2D eigenvalue weighted by atomic mass is 35.5. The first-order chi connectivity index (χ1) is 10.6. The van der Waals surface area contributed by atoms with Gasteiger partial charge in [-0.3, -0.25) is 9.89 Å². The zero-order valence-electron chi connectivity index (χ0n) is 11.1. The summed E-state index contributed by atoms with van der Waals surface area (Å²) in [6.07, 6.45) is 6.39. The Kier molecular flexibility index (Phi) is 4.08. The molecule has 0 fully saturated rings. The van der Waals surface area contributed by atoms with E-state index >= 15 is 0 Å². The summed E-state index contributed by atoms with van der Waals surface area (Å²) in [7, 11) is 0. The second-order valence-corrected chi connectivity index (χ2v) is 5.28. The smallest absolute Gasteiger partial charge is 0.230 e. The molecule has 3 aromatic heterocycles. The van der Waals surface area contributed by atoms with Crippen molar-refractivity contribution in [3.05, 3.63) is 52.7 Å². The maximum atomic E-state index is 11.9. The molecule has 0 aliphatic heterocycles. The molecule has 0 saturated heterocycles. The van der Waals surface area contributed by atoms with E-state index in [0.29, 0.717) is 21.6 Å². The van der Waals surface area contributed by atoms with Crippen LogP contribution in [0.4, 0.5) is 5.69 Å². The van der Waals surface area contributed by atoms with Gasteiger partial charge in [-0.2, -0.15) is 10.2 Å². The van der Waals surface area contributed by atoms with Crippen LogP contribution in [-0.2, 0) is 11.2 Å². The summed E-state index contributed by atoms with van der Waals surface area (Å²) in [5, 5.41) is 14.2. The van der Waals surface area contributed by atoms with Crippen molar-refractivity contribution >= 4 is 34.8 Å². The lowest BCUT2D eigenvalue weighted by atomic mass is 10.3. The molecular weight excluding hydrogens is 327 g/mol. The number of hydrogen-bond donors (Lipinski definition) is 2. The van der Waals surface area contributed by atoms with E-state index in [0.717, 1.165) is 5.69 Å². The molecule has 0 spiro atoms. The van der Waals surface area contributed by atoms with E-state index in [9.17, 15) is 4.79 Å². The van der Waals surface area contributed by atoms with E-state index in [1.807, 2.05) is 0 Å². The Morgan fingerprint density at radius 1 is 1.36 bits per heavy atom. The Balaban J connectivity index is 1.72. The number of hydrogen-bond acceptors (Lipinski definition) is 4. The normalized spacial score (nSPS) is 10.6. The van der Waals surface area contributed by atoms with Crippen LogP contribution in [0.25, 0.3) is 5.82 Å². The second-order valence-electron chi connectivity index (χ2n) is 4.44. The van der Waals surface area contributed by atoms with Crippen molar-refractivity contribution in [1.82, 2.24) is 25.0 Å². The maximum Gasteiger partial charge on any atom is 0.230 e. The van der Waals surface area contributed by atoms with Crippen LogP contribution in [0.5, 0.6) is 0 Å². The van der Waals surface area contributed by atoms with E-state index < -0.39 is 0 Å². The number of H-pyrrole nitrogens is 1. The Morgan fingerprint density at radius 3 is 2.95 bits per heavy atom. The molecule has 3 rings (SSSR count). The van der Waals surface area contributed by atoms with Crippen LogP contribution in [0.1, 0.15) is 5.69 Å². The molecule has 112 valence electrons. The summed E-state index contributed by atoms with van der Waals surface area (Å²) in [6.45, 7) is 0. The average Bonchev–Trinajstić information content (AvgIpc) is 3.10. The van der Waals surface area contributed by atoms with Crippen molar-refractivity contribution in [1.29, 1.82) is 0 Å². The highest BCUT2D eigenvalue weighted by Gasteiger charge is 2.10. The van der Waals surface area contributed by atoms with Crippen LogP contribution in [0, 0.1) is 0 Å². The van der Waals surface area contributed by atoms with Gasteiger partial charge in [0, 0.05) is 18.1 Å². The molecule has 0 saturated carbocycles. The van der Waals surface area contributed by atoms with Gasteiger partial charge in [-0.15, -0.1) is 0 Å². The summed E-state index contributed by atoms with van der Waals surface area (Å²) < 4.78 is 1.46. The van der Waals surface area contributed by atoms with Crippen molar-refractivity contribution in [3.8, 4) is 5.82 Å². The first kappa shape index (κ1) is 14.6. The fourth-order valence-electron chi connectivity index (χ4n) is 1.84. The summed E-state index contributed by atoms with van der Waals surface area (Å²) >= 11 is 11.9. The number of halogens is 2. The molecule has 1 amide bonds. The fraction of sp³-hybridized carbons (Fsp3) is 0.0769. The first-order valence-corrected chi connectivity index (χ1v) is 7.01. The molecular formula is C13H10Cl2N6O. The van der Waals surface area contributed by atoms with Crippen LogP contribution in [0.2, 0.25) is 10.0 Å². The third-order valence-corrected chi connectivity index (χ3v) is 3.27. The number of nitrogens with zero attached hydrogens (tertiary/aromatic N) is 4. The number of anilines is 1. The topological polar surface area (TPSA) is 88.5 Å². The van der Waals surface area contributed by atoms with Gasteiger partial charge in [0.1, 0.15) is 0 Å². The quantitative estimate of drug-likeness (QED) is 0.765. The van der Waals surface area contributed by atoms with Crippen LogP contribution < -0.4 is 5.32 Å². The minimum Gasteiger partial charge on any atom is -0.323 e. The fourth-order valence-corrected chi connectivity index (χ4v) is 2.31. The molecule has 2 N–H and O–H groups in total. The number of amides is 1. The van der Waals surface area contributed by atoms with Crippen molar-refractivity contribution in [3.63, 3.8) is 0 Å². The van der Waals surface area contributed by atoms with Crippen molar-refractivity contribution < 1.29 is 4.79 Å². The van der Waals surface area contributed by atoms with Crippen molar-refractivity contribution in [2.75, 3.05) is 5.32 Å². The number of aromatic amines is 1. The highest BCUT2D eigenvalue weighted by molar-refractivity contribution is 6.35. The van der Waals surface area contributed by atoms with E-state index in [2.05, 4.69) is 25.6 Å². The summed E-state index contributed by atoms with van der Waals surface area (Å²) in [5.74, 6) is 0.249. The monoisotopic (exact) mass is 336 g/mol. The summed E-state index contributed by atoms with van der Waals surface area (Å²) in [6, 6.07) is 3.31. The molecule has 22 heavy (non-hydrogen) atoms. The number of rotatable bonds is 4. The molecule has 0 unspecified atom stereocenters. The molecule has 0 bridgehead atoms. The standard InChI is InChI=1S/C13H10Cl2N6O/c14-8-3-11(15)13(16-5-8)21-7-10(6-18-21)19-12(22)4-9-1-2-17-20-9/h1-3,5-7H,4H2,(H,17,20)(H,19,22). The Morgan fingerprint density at radius 2 is 2.23 bits per heavy atom. The van der Waals surface area contributed by atoms with Gasteiger partial charge >= 0.3 is 0 Å². The number of aromatic nitrogens is 5. The van der Waals surface area contributed by atoms with Gasteiger partial charge < -0.3 is 5.32 Å². The van der Waals surface area contributed by atoms with Crippen LogP contribution >= 0.6 is 23.2 Å². The number of carbonyl (C=O) groups is 1. The summed E-state index contributed by atoms with van der Waals surface area (Å²) in [4.78, 5) is 16.0. The zero-order chi connectivity index (χ0) is 15.5. The van der Waals surface area contributed by atoms with Gasteiger partial charge in [0.05, 0.1) is 34.5 Å². The molecule has 3 aromatic rings. The Bertz CT molecular complexity index is 799. The van der Waals surface area contributed by atoms with E-state index in [1.54, 1.807) is 24.5 Å². The zero-order valence-corrected chi connectivity index (χ0v) is 12.6. The average molecular weight is 337 g/mol. The van der Waals surface area contributed by atoms with E-state index in [4.69, 9.17) is 23.2 Å². The van der Waals surface area contributed by atoms with E-state index in [-0.39, 0.29) is 12.3 Å².